The van der Waals surface area contributed by atoms with Gasteiger partial charge in [0.25, 0.3) is 0 Å². The predicted molar refractivity (Wildman–Crippen MR) is 91.7 cm³/mol. The van der Waals surface area contributed by atoms with E-state index in [9.17, 15) is 4.39 Å². The molecule has 1 fully saturated rings. The summed E-state index contributed by atoms with van der Waals surface area (Å²) in [6, 6.07) is 5.96. The fourth-order valence-electron chi connectivity index (χ4n) is 3.11. The molecule has 1 aromatic carbocycles. The van der Waals surface area contributed by atoms with Gasteiger partial charge in [-0.1, -0.05) is 19.5 Å². The first-order valence-electron chi connectivity index (χ1n) is 7.55. The molecule has 21 heavy (non-hydrogen) atoms. The van der Waals surface area contributed by atoms with Crippen LogP contribution in [0.15, 0.2) is 18.2 Å². The molecule has 0 saturated carbocycles. The third-order valence-electron chi connectivity index (χ3n) is 4.02. The highest BCUT2D eigenvalue weighted by Gasteiger charge is 2.26. The highest BCUT2D eigenvalue weighted by Crippen LogP contribution is 2.22. The first-order chi connectivity index (χ1) is 9.50. The maximum absolute atomic E-state index is 14.0. The molecule has 2 nitrogen and oxygen atoms in total. The zero-order valence-corrected chi connectivity index (χ0v) is 15.1. The topological polar surface area (TPSA) is 12.5 Å². The molecule has 1 aliphatic heterocycles. The van der Waals surface area contributed by atoms with Crippen LogP contribution >= 0.6 is 12.4 Å². The highest BCUT2D eigenvalue weighted by atomic mass is 35.5. The van der Waals surface area contributed by atoms with Crippen molar-refractivity contribution in [1.82, 2.24) is 4.90 Å². The molecule has 1 saturated heterocycles. The van der Waals surface area contributed by atoms with Crippen molar-refractivity contribution in [3.05, 3.63) is 29.6 Å². The van der Waals surface area contributed by atoms with Gasteiger partial charge in [-0.15, -0.1) is 12.4 Å². The fourth-order valence-corrected chi connectivity index (χ4v) is 6.05. The van der Waals surface area contributed by atoms with Crippen molar-refractivity contribution in [2.75, 3.05) is 26.4 Å². The van der Waals surface area contributed by atoms with Crippen molar-refractivity contribution in [2.45, 2.75) is 38.4 Å². The minimum absolute atomic E-state index is 0. The smallest absolute Gasteiger partial charge is 0.126 e. The number of hydrogen-bond donors (Lipinski definition) is 0. The normalized spacial score (nSPS) is 16.4. The van der Waals surface area contributed by atoms with Crippen LogP contribution in [-0.2, 0) is 6.04 Å². The summed E-state index contributed by atoms with van der Waals surface area (Å²) in [6.45, 7) is 7.16. The number of methoxy groups -OCH3 is 1. The second kappa shape index (κ2) is 8.16. The van der Waals surface area contributed by atoms with E-state index in [4.69, 9.17) is 4.74 Å². The second-order valence-electron chi connectivity index (χ2n) is 6.64. The van der Waals surface area contributed by atoms with E-state index < -0.39 is 8.07 Å². The number of ether oxygens (including phenoxy) is 1. The van der Waals surface area contributed by atoms with Crippen LogP contribution in [0.3, 0.4) is 0 Å². The number of rotatable bonds is 5. The molecule has 5 heteroatoms. The molecule has 120 valence electrons. The fraction of sp³-hybridized carbons (Fsp3) is 0.625. The van der Waals surface area contributed by atoms with Gasteiger partial charge in [-0.2, -0.15) is 0 Å². The van der Waals surface area contributed by atoms with E-state index in [-0.39, 0.29) is 18.2 Å². The van der Waals surface area contributed by atoms with Crippen LogP contribution in [0, 0.1) is 5.82 Å². The molecule has 0 unspecified atom stereocenters. The second-order valence-corrected chi connectivity index (χ2v) is 11.6. The van der Waals surface area contributed by atoms with Gasteiger partial charge in [-0.25, -0.2) is 4.39 Å². The van der Waals surface area contributed by atoms with E-state index in [1.165, 1.54) is 44.6 Å². The van der Waals surface area contributed by atoms with Crippen LogP contribution in [0.4, 0.5) is 4.39 Å². The molecule has 1 aliphatic rings. The Hall–Kier alpha value is -0.583. The van der Waals surface area contributed by atoms with Crippen LogP contribution in [0.5, 0.6) is 5.75 Å². The van der Waals surface area contributed by atoms with Crippen molar-refractivity contribution in [3.63, 3.8) is 0 Å². The van der Waals surface area contributed by atoms with Crippen LogP contribution in [0.25, 0.3) is 0 Å². The zero-order valence-electron chi connectivity index (χ0n) is 13.3. The van der Waals surface area contributed by atoms with Gasteiger partial charge in [0, 0.05) is 0 Å². The summed E-state index contributed by atoms with van der Waals surface area (Å²) < 4.78 is 19.2. The van der Waals surface area contributed by atoms with Crippen LogP contribution < -0.4 is 4.74 Å². The van der Waals surface area contributed by atoms with Crippen LogP contribution in [-0.4, -0.2) is 39.3 Å². The Bertz CT molecular complexity index is 450. The molecular weight excluding hydrogens is 305 g/mol. The van der Waals surface area contributed by atoms with Crippen LogP contribution in [0.1, 0.15) is 24.8 Å². The molecule has 0 spiro atoms. The SMILES string of the molecule is COc1ccc(F)c(C[Si](C)(C)CN2CCCCC2)c1.Cl. The maximum Gasteiger partial charge on any atom is 0.126 e. The number of halogens is 2. The van der Waals surface area contributed by atoms with Gasteiger partial charge in [-0.05, 0) is 61.9 Å². The standard InChI is InChI=1S/C16H26FNOSi.ClH/c1-19-15-7-8-16(17)14(11-15)12-20(2,3)13-18-9-5-4-6-10-18;/h7-8,11H,4-6,9-10,12-13H2,1-3H3;1H. The lowest BCUT2D eigenvalue weighted by Gasteiger charge is -2.34. The van der Waals surface area contributed by atoms with E-state index >= 15 is 0 Å². The van der Waals surface area contributed by atoms with Crippen LogP contribution in [0.2, 0.25) is 13.1 Å². The molecule has 0 atom stereocenters. The molecule has 0 aliphatic carbocycles. The minimum Gasteiger partial charge on any atom is -0.497 e. The summed E-state index contributed by atoms with van der Waals surface area (Å²) in [4.78, 5) is 2.58. The summed E-state index contributed by atoms with van der Waals surface area (Å²) in [5.74, 6) is 0.661. The van der Waals surface area contributed by atoms with E-state index in [2.05, 4.69) is 18.0 Å². The van der Waals surface area contributed by atoms with Gasteiger partial charge < -0.3 is 9.64 Å². The average molecular weight is 332 g/mol. The maximum atomic E-state index is 14.0. The van der Waals surface area contributed by atoms with Gasteiger partial charge in [0.1, 0.15) is 11.6 Å². The molecule has 1 aromatic rings. The Morgan fingerprint density at radius 3 is 2.48 bits per heavy atom. The molecular formula is C16H27ClFNOSi. The molecule has 2 rings (SSSR count). The number of likely N-dealkylation sites (tertiary alicyclic amines) is 1. The Labute approximate surface area is 135 Å². The molecule has 0 aromatic heterocycles. The highest BCUT2D eigenvalue weighted by molar-refractivity contribution is 6.77. The van der Waals surface area contributed by atoms with Crippen molar-refractivity contribution in [1.29, 1.82) is 0 Å². The molecule has 0 radical (unpaired) electrons. The summed E-state index contributed by atoms with van der Waals surface area (Å²) in [5, 5.41) is 0. The monoisotopic (exact) mass is 331 g/mol. The van der Waals surface area contributed by atoms with Gasteiger partial charge in [-0.3, -0.25) is 0 Å². The first kappa shape index (κ1) is 18.5. The quantitative estimate of drug-likeness (QED) is 0.754. The first-order valence-corrected chi connectivity index (χ1v) is 11.0. The zero-order chi connectivity index (χ0) is 14.6. The Kier molecular flexibility index (Phi) is 7.17. The van der Waals surface area contributed by atoms with Gasteiger partial charge in [0.15, 0.2) is 0 Å². The Balaban J connectivity index is 0.00000220. The Morgan fingerprint density at radius 1 is 1.19 bits per heavy atom. The Morgan fingerprint density at radius 2 is 1.86 bits per heavy atom. The molecule has 0 amide bonds. The van der Waals surface area contributed by atoms with E-state index in [1.807, 2.05) is 6.07 Å². The van der Waals surface area contributed by atoms with E-state index in [0.29, 0.717) is 0 Å². The lowest BCUT2D eigenvalue weighted by atomic mass is 10.1. The van der Waals surface area contributed by atoms with Gasteiger partial charge >= 0.3 is 0 Å². The summed E-state index contributed by atoms with van der Waals surface area (Å²) >= 11 is 0. The summed E-state index contributed by atoms with van der Waals surface area (Å²) in [5.41, 5.74) is 0.818. The van der Waals surface area contributed by atoms with Crippen molar-refractivity contribution in [3.8, 4) is 5.75 Å². The lowest BCUT2D eigenvalue weighted by molar-refractivity contribution is 0.258. The minimum atomic E-state index is -1.47. The van der Waals surface area contributed by atoms with Gasteiger partial charge in [0.2, 0.25) is 0 Å². The molecule has 1 heterocycles. The van der Waals surface area contributed by atoms with Gasteiger partial charge in [0.05, 0.1) is 15.2 Å². The number of piperidine rings is 1. The van der Waals surface area contributed by atoms with Crippen molar-refractivity contribution in [2.24, 2.45) is 0 Å². The largest absolute Gasteiger partial charge is 0.497 e. The molecule has 0 N–H and O–H groups in total. The summed E-state index contributed by atoms with van der Waals surface area (Å²) in [6.07, 6.45) is 5.17. The van der Waals surface area contributed by atoms with E-state index in [1.54, 1.807) is 13.2 Å². The average Bonchev–Trinajstić information content (AvgIpc) is 2.41. The van der Waals surface area contributed by atoms with E-state index in [0.717, 1.165) is 17.4 Å². The lowest BCUT2D eigenvalue weighted by Crippen LogP contribution is -2.46. The third-order valence-corrected chi connectivity index (χ3v) is 6.66. The predicted octanol–water partition coefficient (Wildman–Crippen LogP) is 4.07. The van der Waals surface area contributed by atoms with Crippen molar-refractivity contribution < 1.29 is 9.13 Å². The number of benzene rings is 1. The molecule has 0 bridgehead atoms. The summed E-state index contributed by atoms with van der Waals surface area (Å²) in [7, 11) is 0.164. The van der Waals surface area contributed by atoms with Crippen molar-refractivity contribution >= 4 is 20.5 Å². The number of nitrogens with zero attached hydrogens (tertiary/aromatic N) is 1. The number of hydrogen-bond acceptors (Lipinski definition) is 2. The third kappa shape index (κ3) is 5.61.